The highest BCUT2D eigenvalue weighted by molar-refractivity contribution is 5.54. The van der Waals surface area contributed by atoms with E-state index in [1.807, 2.05) is 19.1 Å². The van der Waals surface area contributed by atoms with Crippen molar-refractivity contribution in [2.45, 2.75) is 6.92 Å². The van der Waals surface area contributed by atoms with Gasteiger partial charge < -0.3 is 10.2 Å². The normalized spacial score (nSPS) is 11.7. The van der Waals surface area contributed by atoms with Crippen molar-refractivity contribution in [1.29, 1.82) is 0 Å². The van der Waals surface area contributed by atoms with E-state index in [0.29, 0.717) is 0 Å². The van der Waals surface area contributed by atoms with E-state index < -0.39 is 0 Å². The molecule has 2 heteroatoms. The summed E-state index contributed by atoms with van der Waals surface area (Å²) in [5, 5.41) is 17.8. The van der Waals surface area contributed by atoms with Crippen molar-refractivity contribution in [3.63, 3.8) is 0 Å². The molecule has 0 aliphatic carbocycles. The fourth-order valence-corrected chi connectivity index (χ4v) is 0.945. The molecule has 0 aliphatic rings. The Bertz CT molecular complexity index is 290. The van der Waals surface area contributed by atoms with Crippen LogP contribution in [0.1, 0.15) is 12.5 Å². The highest BCUT2D eigenvalue weighted by atomic mass is 16.3. The first-order valence-corrected chi connectivity index (χ1v) is 3.79. The maximum Gasteiger partial charge on any atom is 0.116 e. The fourth-order valence-electron chi connectivity index (χ4n) is 0.945. The lowest BCUT2D eigenvalue weighted by molar-refractivity contribution is 0.332. The Labute approximate surface area is 71.8 Å². The van der Waals surface area contributed by atoms with Crippen LogP contribution in [0.2, 0.25) is 0 Å². The maximum atomic E-state index is 9.11. The Morgan fingerprint density at radius 1 is 1.50 bits per heavy atom. The molecule has 64 valence electrons. The average molecular weight is 164 g/mol. The van der Waals surface area contributed by atoms with Gasteiger partial charge in [0.05, 0.1) is 6.61 Å². The van der Waals surface area contributed by atoms with Crippen molar-refractivity contribution >= 4 is 6.08 Å². The first kappa shape index (κ1) is 8.81. The number of hydrogen-bond donors (Lipinski definition) is 2. The first-order valence-electron chi connectivity index (χ1n) is 3.79. The third-order valence-corrected chi connectivity index (χ3v) is 1.53. The summed E-state index contributed by atoms with van der Waals surface area (Å²) in [5.74, 6) is 0.245. The standard InChI is InChI=1S/C10H12O2/c1-8(7-11)5-9-3-2-4-10(12)6-9/h2-6,11-12H,7H2,1H3/b8-5-. The molecule has 1 aromatic rings. The van der Waals surface area contributed by atoms with Crippen LogP contribution in [-0.4, -0.2) is 16.8 Å². The van der Waals surface area contributed by atoms with Crippen LogP contribution in [0.15, 0.2) is 29.8 Å². The first-order chi connectivity index (χ1) is 5.72. The Morgan fingerprint density at radius 2 is 2.25 bits per heavy atom. The summed E-state index contributed by atoms with van der Waals surface area (Å²) < 4.78 is 0. The minimum Gasteiger partial charge on any atom is -0.508 e. The molecule has 12 heavy (non-hydrogen) atoms. The van der Waals surface area contributed by atoms with Gasteiger partial charge in [-0.15, -0.1) is 0 Å². The molecule has 2 nitrogen and oxygen atoms in total. The Balaban J connectivity index is 2.89. The largest absolute Gasteiger partial charge is 0.508 e. The van der Waals surface area contributed by atoms with Crippen molar-refractivity contribution in [2.75, 3.05) is 6.61 Å². The van der Waals surface area contributed by atoms with Crippen molar-refractivity contribution < 1.29 is 10.2 Å². The predicted molar refractivity (Wildman–Crippen MR) is 48.8 cm³/mol. The summed E-state index contributed by atoms with van der Waals surface area (Å²) in [5.41, 5.74) is 1.78. The summed E-state index contributed by atoms with van der Waals surface area (Å²) in [4.78, 5) is 0. The number of benzene rings is 1. The smallest absolute Gasteiger partial charge is 0.116 e. The molecule has 1 rings (SSSR count). The van der Waals surface area contributed by atoms with E-state index in [1.54, 1.807) is 18.2 Å². The van der Waals surface area contributed by atoms with Gasteiger partial charge in [0.25, 0.3) is 0 Å². The summed E-state index contributed by atoms with van der Waals surface area (Å²) in [6.07, 6.45) is 1.83. The van der Waals surface area contributed by atoms with E-state index in [-0.39, 0.29) is 12.4 Å². The fraction of sp³-hybridized carbons (Fsp3) is 0.200. The van der Waals surface area contributed by atoms with E-state index in [9.17, 15) is 0 Å². The lowest BCUT2D eigenvalue weighted by Gasteiger charge is -1.97. The summed E-state index contributed by atoms with van der Waals surface area (Å²) in [6, 6.07) is 6.91. The van der Waals surface area contributed by atoms with Crippen LogP contribution in [-0.2, 0) is 0 Å². The van der Waals surface area contributed by atoms with Crippen LogP contribution in [0.4, 0.5) is 0 Å². The zero-order chi connectivity index (χ0) is 8.97. The minimum atomic E-state index is 0.0512. The molecular weight excluding hydrogens is 152 g/mol. The lowest BCUT2D eigenvalue weighted by atomic mass is 10.1. The molecule has 2 N–H and O–H groups in total. The maximum absolute atomic E-state index is 9.11. The molecule has 1 aromatic carbocycles. The molecular formula is C10H12O2. The lowest BCUT2D eigenvalue weighted by Crippen LogP contribution is -1.83. The Morgan fingerprint density at radius 3 is 2.83 bits per heavy atom. The zero-order valence-corrected chi connectivity index (χ0v) is 6.99. The number of phenols is 1. The second-order valence-corrected chi connectivity index (χ2v) is 2.74. The van der Waals surface area contributed by atoms with E-state index in [4.69, 9.17) is 10.2 Å². The molecule has 0 saturated heterocycles. The molecule has 0 unspecified atom stereocenters. The van der Waals surface area contributed by atoms with Gasteiger partial charge in [-0.3, -0.25) is 0 Å². The summed E-state index contributed by atoms with van der Waals surface area (Å²) in [7, 11) is 0. The Kier molecular flexibility index (Phi) is 2.88. The van der Waals surface area contributed by atoms with E-state index in [2.05, 4.69) is 0 Å². The van der Waals surface area contributed by atoms with Gasteiger partial charge in [-0.2, -0.15) is 0 Å². The molecule has 0 saturated carbocycles. The van der Waals surface area contributed by atoms with Gasteiger partial charge >= 0.3 is 0 Å². The summed E-state index contributed by atoms with van der Waals surface area (Å²) >= 11 is 0. The van der Waals surface area contributed by atoms with Gasteiger partial charge in [-0.25, -0.2) is 0 Å². The van der Waals surface area contributed by atoms with Gasteiger partial charge in [0.1, 0.15) is 5.75 Å². The molecule has 0 fully saturated rings. The zero-order valence-electron chi connectivity index (χ0n) is 6.99. The third-order valence-electron chi connectivity index (χ3n) is 1.53. The van der Waals surface area contributed by atoms with Crippen molar-refractivity contribution in [3.8, 4) is 5.75 Å². The topological polar surface area (TPSA) is 40.5 Å². The average Bonchev–Trinajstić information content (AvgIpc) is 2.04. The van der Waals surface area contributed by atoms with E-state index >= 15 is 0 Å². The Hall–Kier alpha value is -1.28. The van der Waals surface area contributed by atoms with Crippen LogP contribution < -0.4 is 0 Å². The van der Waals surface area contributed by atoms with E-state index in [1.165, 1.54) is 0 Å². The third kappa shape index (κ3) is 2.40. The number of aliphatic hydroxyl groups is 1. The monoisotopic (exact) mass is 164 g/mol. The number of aromatic hydroxyl groups is 1. The molecule has 0 spiro atoms. The van der Waals surface area contributed by atoms with Crippen LogP contribution in [0.5, 0.6) is 5.75 Å². The van der Waals surface area contributed by atoms with Gasteiger partial charge in [-0.1, -0.05) is 18.2 Å². The van der Waals surface area contributed by atoms with Gasteiger partial charge in [0.2, 0.25) is 0 Å². The second-order valence-electron chi connectivity index (χ2n) is 2.74. The molecule has 0 heterocycles. The minimum absolute atomic E-state index is 0.0512. The molecule has 0 atom stereocenters. The quantitative estimate of drug-likeness (QED) is 0.699. The van der Waals surface area contributed by atoms with Crippen molar-refractivity contribution in [3.05, 3.63) is 35.4 Å². The highest BCUT2D eigenvalue weighted by Crippen LogP contribution is 2.13. The van der Waals surface area contributed by atoms with E-state index in [0.717, 1.165) is 11.1 Å². The number of phenolic OH excluding ortho intramolecular Hbond substituents is 1. The van der Waals surface area contributed by atoms with Crippen molar-refractivity contribution in [1.82, 2.24) is 0 Å². The van der Waals surface area contributed by atoms with Crippen LogP contribution in [0.3, 0.4) is 0 Å². The summed E-state index contributed by atoms with van der Waals surface area (Å²) in [6.45, 7) is 1.89. The van der Waals surface area contributed by atoms with Crippen LogP contribution in [0, 0.1) is 0 Å². The van der Waals surface area contributed by atoms with Gasteiger partial charge in [-0.05, 0) is 30.2 Å². The number of aliphatic hydroxyl groups excluding tert-OH is 1. The second kappa shape index (κ2) is 3.93. The van der Waals surface area contributed by atoms with Gasteiger partial charge in [0.15, 0.2) is 0 Å². The van der Waals surface area contributed by atoms with Crippen LogP contribution >= 0.6 is 0 Å². The SMILES string of the molecule is C/C(=C/c1cccc(O)c1)CO. The molecule has 0 amide bonds. The molecule has 0 radical (unpaired) electrons. The van der Waals surface area contributed by atoms with Crippen molar-refractivity contribution in [2.24, 2.45) is 0 Å². The number of rotatable bonds is 2. The van der Waals surface area contributed by atoms with Crippen LogP contribution in [0.25, 0.3) is 6.08 Å². The highest BCUT2D eigenvalue weighted by Gasteiger charge is 1.91. The number of hydrogen-bond acceptors (Lipinski definition) is 2. The predicted octanol–water partition coefficient (Wildman–Crippen LogP) is 1.79. The molecule has 0 bridgehead atoms. The molecule has 0 aromatic heterocycles. The molecule has 0 aliphatic heterocycles. The van der Waals surface area contributed by atoms with Gasteiger partial charge in [0, 0.05) is 0 Å².